The second-order valence-corrected chi connectivity index (χ2v) is 4.20. The molecule has 0 aliphatic heterocycles. The third kappa shape index (κ3) is 4.60. The van der Waals surface area contributed by atoms with Gasteiger partial charge in [-0.25, -0.2) is 9.59 Å². The van der Waals surface area contributed by atoms with E-state index in [1.165, 1.54) is 18.5 Å². The van der Waals surface area contributed by atoms with Crippen LogP contribution >= 0.6 is 0 Å². The molecule has 0 saturated carbocycles. The standard InChI is InChI=1S/C13H14N4O4/c18-12(19)10-3-1-2-9(6-10)7-15-13(20)14-5-4-11-16-8-17-21-11/h1-3,6,8H,4-5,7H2,(H,18,19)(H2,14,15,20). The van der Waals surface area contributed by atoms with Crippen LogP contribution in [-0.2, 0) is 13.0 Å². The normalized spacial score (nSPS) is 10.1. The smallest absolute Gasteiger partial charge is 0.335 e. The topological polar surface area (TPSA) is 117 Å². The zero-order valence-electron chi connectivity index (χ0n) is 11.1. The second kappa shape index (κ2) is 7.04. The highest BCUT2D eigenvalue weighted by Crippen LogP contribution is 2.04. The van der Waals surface area contributed by atoms with Crippen molar-refractivity contribution in [2.24, 2.45) is 0 Å². The van der Waals surface area contributed by atoms with Gasteiger partial charge in [-0.1, -0.05) is 17.3 Å². The molecule has 1 aromatic heterocycles. The molecule has 1 heterocycles. The molecule has 21 heavy (non-hydrogen) atoms. The first-order valence-corrected chi connectivity index (χ1v) is 6.24. The molecule has 0 spiro atoms. The number of nitrogens with zero attached hydrogens (tertiary/aromatic N) is 2. The molecule has 2 rings (SSSR count). The van der Waals surface area contributed by atoms with E-state index in [-0.39, 0.29) is 18.1 Å². The van der Waals surface area contributed by atoms with Gasteiger partial charge < -0.3 is 20.3 Å². The van der Waals surface area contributed by atoms with Gasteiger partial charge in [-0.15, -0.1) is 0 Å². The van der Waals surface area contributed by atoms with Crippen LogP contribution in [0.25, 0.3) is 0 Å². The number of amides is 2. The van der Waals surface area contributed by atoms with Crippen molar-refractivity contribution in [3.05, 3.63) is 47.6 Å². The number of carbonyl (C=O) groups excluding carboxylic acids is 1. The van der Waals surface area contributed by atoms with E-state index in [0.717, 1.165) is 0 Å². The van der Waals surface area contributed by atoms with Gasteiger partial charge in [-0.05, 0) is 17.7 Å². The summed E-state index contributed by atoms with van der Waals surface area (Å²) in [4.78, 5) is 26.2. The quantitative estimate of drug-likeness (QED) is 0.724. The van der Waals surface area contributed by atoms with Gasteiger partial charge >= 0.3 is 12.0 Å². The van der Waals surface area contributed by atoms with Gasteiger partial charge in [0.1, 0.15) is 0 Å². The fraction of sp³-hybridized carbons (Fsp3) is 0.231. The van der Waals surface area contributed by atoms with E-state index in [1.54, 1.807) is 12.1 Å². The van der Waals surface area contributed by atoms with Crippen LogP contribution in [0.1, 0.15) is 21.8 Å². The first kappa shape index (κ1) is 14.5. The molecule has 2 amide bonds. The minimum atomic E-state index is -0.999. The Labute approximate surface area is 120 Å². The maximum atomic E-state index is 11.6. The molecular formula is C13H14N4O4. The van der Waals surface area contributed by atoms with Crippen molar-refractivity contribution < 1.29 is 19.2 Å². The maximum Gasteiger partial charge on any atom is 0.335 e. The minimum Gasteiger partial charge on any atom is -0.478 e. The zero-order valence-corrected chi connectivity index (χ0v) is 11.1. The highest BCUT2D eigenvalue weighted by Gasteiger charge is 2.05. The first-order chi connectivity index (χ1) is 10.1. The van der Waals surface area contributed by atoms with E-state index >= 15 is 0 Å². The van der Waals surface area contributed by atoms with Crippen molar-refractivity contribution >= 4 is 12.0 Å². The Kier molecular flexibility index (Phi) is 4.86. The van der Waals surface area contributed by atoms with Crippen molar-refractivity contribution in [3.63, 3.8) is 0 Å². The van der Waals surface area contributed by atoms with Crippen molar-refractivity contribution in [1.82, 2.24) is 20.8 Å². The third-order valence-corrected chi connectivity index (χ3v) is 2.66. The fourth-order valence-corrected chi connectivity index (χ4v) is 1.65. The lowest BCUT2D eigenvalue weighted by Crippen LogP contribution is -2.36. The predicted octanol–water partition coefficient (Wildman–Crippen LogP) is 0.810. The Bertz CT molecular complexity index is 612. The van der Waals surface area contributed by atoms with Crippen LogP contribution in [0.4, 0.5) is 4.79 Å². The molecule has 0 saturated heterocycles. The summed E-state index contributed by atoms with van der Waals surface area (Å²) in [6.07, 6.45) is 1.74. The Morgan fingerprint density at radius 3 is 2.86 bits per heavy atom. The molecule has 110 valence electrons. The Morgan fingerprint density at radius 1 is 1.29 bits per heavy atom. The number of urea groups is 1. The summed E-state index contributed by atoms with van der Waals surface area (Å²) in [6.45, 7) is 0.608. The molecule has 0 bridgehead atoms. The van der Waals surface area contributed by atoms with E-state index < -0.39 is 5.97 Å². The lowest BCUT2D eigenvalue weighted by molar-refractivity contribution is 0.0696. The highest BCUT2D eigenvalue weighted by molar-refractivity contribution is 5.87. The van der Waals surface area contributed by atoms with Gasteiger partial charge in [0, 0.05) is 19.5 Å². The average molecular weight is 290 g/mol. The Morgan fingerprint density at radius 2 is 2.14 bits per heavy atom. The SMILES string of the molecule is O=C(NCCc1ncno1)NCc1cccc(C(=O)O)c1. The minimum absolute atomic E-state index is 0.186. The number of aromatic nitrogens is 2. The maximum absolute atomic E-state index is 11.6. The summed E-state index contributed by atoms with van der Waals surface area (Å²) >= 11 is 0. The summed E-state index contributed by atoms with van der Waals surface area (Å²) in [7, 11) is 0. The largest absolute Gasteiger partial charge is 0.478 e. The number of hydrogen-bond acceptors (Lipinski definition) is 5. The Balaban J connectivity index is 1.73. The van der Waals surface area contributed by atoms with E-state index in [0.29, 0.717) is 24.4 Å². The summed E-state index contributed by atoms with van der Waals surface area (Å²) in [6, 6.07) is 6.03. The first-order valence-electron chi connectivity index (χ1n) is 6.24. The van der Waals surface area contributed by atoms with Crippen LogP contribution in [0.3, 0.4) is 0 Å². The molecule has 8 nitrogen and oxygen atoms in total. The van der Waals surface area contributed by atoms with Gasteiger partial charge in [-0.2, -0.15) is 4.98 Å². The summed E-state index contributed by atoms with van der Waals surface area (Å²) in [5.41, 5.74) is 0.896. The molecule has 0 atom stereocenters. The van der Waals surface area contributed by atoms with Crippen molar-refractivity contribution in [2.75, 3.05) is 6.54 Å². The van der Waals surface area contributed by atoms with Crippen molar-refractivity contribution in [3.8, 4) is 0 Å². The Hall–Kier alpha value is -2.90. The predicted molar refractivity (Wildman–Crippen MR) is 71.6 cm³/mol. The van der Waals surface area contributed by atoms with Gasteiger partial charge in [0.05, 0.1) is 5.56 Å². The summed E-state index contributed by atoms with van der Waals surface area (Å²) in [5, 5.41) is 17.6. The van der Waals surface area contributed by atoms with Gasteiger partial charge in [-0.3, -0.25) is 0 Å². The molecular weight excluding hydrogens is 276 g/mol. The van der Waals surface area contributed by atoms with Gasteiger partial charge in [0.2, 0.25) is 5.89 Å². The zero-order chi connectivity index (χ0) is 15.1. The fourth-order valence-electron chi connectivity index (χ4n) is 1.65. The molecule has 0 aliphatic carbocycles. The van der Waals surface area contributed by atoms with Crippen LogP contribution in [0, 0.1) is 0 Å². The van der Waals surface area contributed by atoms with Crippen LogP contribution < -0.4 is 10.6 Å². The van der Waals surface area contributed by atoms with Crippen LogP contribution in [0.15, 0.2) is 35.1 Å². The number of carboxylic acids is 1. The molecule has 0 fully saturated rings. The number of carbonyl (C=O) groups is 2. The monoisotopic (exact) mass is 290 g/mol. The van der Waals surface area contributed by atoms with E-state index in [2.05, 4.69) is 20.8 Å². The van der Waals surface area contributed by atoms with Gasteiger partial charge in [0.15, 0.2) is 6.33 Å². The summed E-state index contributed by atoms with van der Waals surface area (Å²) in [5.74, 6) is -0.551. The van der Waals surface area contributed by atoms with Gasteiger partial charge in [0.25, 0.3) is 0 Å². The summed E-state index contributed by atoms with van der Waals surface area (Å²) < 4.78 is 4.79. The lowest BCUT2D eigenvalue weighted by Gasteiger charge is -2.07. The number of rotatable bonds is 6. The molecule has 0 radical (unpaired) electrons. The number of carboxylic acid groups (broad SMARTS) is 1. The van der Waals surface area contributed by atoms with Crippen molar-refractivity contribution in [1.29, 1.82) is 0 Å². The lowest BCUT2D eigenvalue weighted by atomic mass is 10.1. The molecule has 1 aromatic carbocycles. The highest BCUT2D eigenvalue weighted by atomic mass is 16.5. The third-order valence-electron chi connectivity index (χ3n) is 2.66. The molecule has 0 unspecified atom stereocenters. The average Bonchev–Trinajstić information content (AvgIpc) is 2.99. The number of nitrogens with one attached hydrogen (secondary N) is 2. The second-order valence-electron chi connectivity index (χ2n) is 4.20. The van der Waals surface area contributed by atoms with Crippen LogP contribution in [-0.4, -0.2) is 33.8 Å². The van der Waals surface area contributed by atoms with Crippen LogP contribution in [0.2, 0.25) is 0 Å². The molecule has 2 aromatic rings. The molecule has 0 aliphatic rings. The van der Waals surface area contributed by atoms with Crippen molar-refractivity contribution in [2.45, 2.75) is 13.0 Å². The molecule has 8 heteroatoms. The van der Waals surface area contributed by atoms with Crippen LogP contribution in [0.5, 0.6) is 0 Å². The van der Waals surface area contributed by atoms with E-state index in [9.17, 15) is 9.59 Å². The van der Waals surface area contributed by atoms with E-state index in [4.69, 9.17) is 9.63 Å². The number of aromatic carboxylic acids is 1. The molecule has 3 N–H and O–H groups in total. The number of hydrogen-bond donors (Lipinski definition) is 3. The van der Waals surface area contributed by atoms with E-state index in [1.807, 2.05) is 0 Å². The number of benzene rings is 1.